The Bertz CT molecular complexity index is 1030. The minimum absolute atomic E-state index is 0. The number of hydrogen-bond acceptors (Lipinski definition) is 2. The first-order valence-electron chi connectivity index (χ1n) is 8.36. The molecule has 0 saturated carbocycles. The van der Waals surface area contributed by atoms with E-state index < -0.39 is 0 Å². The summed E-state index contributed by atoms with van der Waals surface area (Å²) >= 11 is 0. The first-order valence-corrected chi connectivity index (χ1v) is 8.36. The van der Waals surface area contributed by atoms with Crippen LogP contribution < -0.4 is 4.68 Å². The summed E-state index contributed by atoms with van der Waals surface area (Å²) in [5.74, 6) is 0. The number of benzene rings is 2. The van der Waals surface area contributed by atoms with Gasteiger partial charge in [0.25, 0.3) is 0 Å². The monoisotopic (exact) mass is 529 g/mol. The molecule has 4 rings (SSSR count). The number of rotatable bonds is 4. The third-order valence-corrected chi connectivity index (χ3v) is 3.90. The maximum atomic E-state index is 4.61. The Morgan fingerprint density at radius 3 is 2.52 bits per heavy atom. The molecule has 2 heterocycles. The van der Waals surface area contributed by atoms with Crippen LogP contribution in [0.4, 0.5) is 0 Å². The van der Waals surface area contributed by atoms with E-state index in [4.69, 9.17) is 0 Å². The summed E-state index contributed by atoms with van der Waals surface area (Å²) in [6.07, 6.45) is 5.51. The van der Waals surface area contributed by atoms with Gasteiger partial charge in [-0.3, -0.25) is 4.98 Å². The molecule has 0 spiro atoms. The molecule has 0 radical (unpaired) electrons. The molecular formula is C23H16N3Pt+. The van der Waals surface area contributed by atoms with Crippen molar-refractivity contribution in [3.8, 4) is 22.5 Å². The van der Waals surface area contributed by atoms with E-state index >= 15 is 0 Å². The fourth-order valence-corrected chi connectivity index (χ4v) is 2.66. The summed E-state index contributed by atoms with van der Waals surface area (Å²) in [6.45, 7) is 0. The zero-order valence-electron chi connectivity index (χ0n) is 14.4. The molecule has 27 heavy (non-hydrogen) atoms. The first kappa shape index (κ1) is 18.9. The minimum Gasteiger partial charge on any atom is -0.295 e. The Hall–Kier alpha value is -2.90. The van der Waals surface area contributed by atoms with E-state index in [1.165, 1.54) is 0 Å². The number of nitrogens with zero attached hydrogens (tertiary/aromatic N) is 3. The fraction of sp³-hybridized carbons (Fsp3) is 0. The molecule has 0 fully saturated rings. The summed E-state index contributed by atoms with van der Waals surface area (Å²) in [5.41, 5.74) is 4.72. The molecular weight excluding hydrogens is 513 g/mol. The predicted octanol–water partition coefficient (Wildman–Crippen LogP) is 4.18. The summed E-state index contributed by atoms with van der Waals surface area (Å²) in [5, 5.41) is 4.61. The molecule has 0 bridgehead atoms. The van der Waals surface area contributed by atoms with Gasteiger partial charge in [0.15, 0.2) is 11.9 Å². The molecule has 0 N–H and O–H groups in total. The SMILES string of the molecule is [Pt+2].[c-]1c(/C=N/[n+]2ccccc2-c2[c-]cccc2)cccc1-c1ccccn1. The van der Waals surface area contributed by atoms with E-state index in [-0.39, 0.29) is 21.1 Å². The second-order valence-corrected chi connectivity index (χ2v) is 5.69. The van der Waals surface area contributed by atoms with Gasteiger partial charge in [-0.1, -0.05) is 40.0 Å². The molecule has 132 valence electrons. The molecule has 0 atom stereocenters. The van der Waals surface area contributed by atoms with Crippen LogP contribution in [-0.2, 0) is 21.1 Å². The average Bonchev–Trinajstić information content (AvgIpc) is 2.74. The second kappa shape index (κ2) is 9.16. The van der Waals surface area contributed by atoms with Crippen molar-refractivity contribution in [2.45, 2.75) is 0 Å². The van der Waals surface area contributed by atoms with Crippen LogP contribution in [0.25, 0.3) is 22.5 Å². The first-order chi connectivity index (χ1) is 12.9. The van der Waals surface area contributed by atoms with Gasteiger partial charge >= 0.3 is 21.1 Å². The smallest absolute Gasteiger partial charge is 0.295 e. The van der Waals surface area contributed by atoms with Crippen molar-refractivity contribution in [2.75, 3.05) is 0 Å². The van der Waals surface area contributed by atoms with Crippen LogP contribution in [0.5, 0.6) is 0 Å². The molecule has 4 aromatic rings. The van der Waals surface area contributed by atoms with Crippen LogP contribution in [0.2, 0.25) is 0 Å². The van der Waals surface area contributed by atoms with Crippen LogP contribution in [0.15, 0.2) is 96.4 Å². The van der Waals surface area contributed by atoms with Gasteiger partial charge in [-0.15, -0.1) is 59.3 Å². The van der Waals surface area contributed by atoms with Crippen molar-refractivity contribution in [1.29, 1.82) is 0 Å². The van der Waals surface area contributed by atoms with E-state index in [2.05, 4.69) is 22.2 Å². The van der Waals surface area contributed by atoms with E-state index in [0.717, 1.165) is 28.1 Å². The van der Waals surface area contributed by atoms with Crippen molar-refractivity contribution in [3.63, 3.8) is 0 Å². The summed E-state index contributed by atoms with van der Waals surface area (Å²) < 4.78 is 1.84. The van der Waals surface area contributed by atoms with Crippen LogP contribution in [0.1, 0.15) is 5.56 Å². The average molecular weight is 529 g/mol. The Morgan fingerprint density at radius 1 is 0.852 bits per heavy atom. The molecule has 3 nitrogen and oxygen atoms in total. The number of aromatic nitrogens is 2. The van der Waals surface area contributed by atoms with Gasteiger partial charge in [0.2, 0.25) is 0 Å². The normalized spacial score (nSPS) is 10.5. The zero-order valence-corrected chi connectivity index (χ0v) is 16.7. The van der Waals surface area contributed by atoms with Crippen molar-refractivity contribution in [1.82, 2.24) is 4.98 Å². The standard InChI is InChI=1S/C23H16N3.Pt/c1-2-10-20(11-3-1)23-14-5-7-16-26(23)25-18-19-9-8-12-21(17-19)22-13-4-6-15-24-22;/h1-10,12-16,18H;/q-1;+2/b25-18+;. The van der Waals surface area contributed by atoms with Gasteiger partial charge in [-0.2, -0.15) is 0 Å². The second-order valence-electron chi connectivity index (χ2n) is 5.69. The van der Waals surface area contributed by atoms with Crippen molar-refractivity contribution in [2.24, 2.45) is 5.10 Å². The van der Waals surface area contributed by atoms with Crippen LogP contribution in [-0.4, -0.2) is 11.2 Å². The Morgan fingerprint density at radius 2 is 1.70 bits per heavy atom. The zero-order chi connectivity index (χ0) is 17.6. The summed E-state index contributed by atoms with van der Waals surface area (Å²) in [6, 6.07) is 32.3. The van der Waals surface area contributed by atoms with Crippen LogP contribution >= 0.6 is 0 Å². The molecule has 0 aliphatic carbocycles. The Kier molecular flexibility index (Phi) is 6.40. The van der Waals surface area contributed by atoms with E-state index in [1.807, 2.05) is 89.7 Å². The quantitative estimate of drug-likeness (QED) is 0.222. The summed E-state index contributed by atoms with van der Waals surface area (Å²) in [7, 11) is 0. The van der Waals surface area contributed by atoms with Gasteiger partial charge in [-0.25, -0.2) is 0 Å². The molecule has 0 amide bonds. The number of hydrogen-bond donors (Lipinski definition) is 0. The van der Waals surface area contributed by atoms with Crippen molar-refractivity contribution < 1.29 is 25.7 Å². The molecule has 0 saturated heterocycles. The largest absolute Gasteiger partial charge is 2.00 e. The third-order valence-electron chi connectivity index (χ3n) is 3.90. The predicted molar refractivity (Wildman–Crippen MR) is 102 cm³/mol. The van der Waals surface area contributed by atoms with Crippen molar-refractivity contribution >= 4 is 6.21 Å². The van der Waals surface area contributed by atoms with Crippen LogP contribution in [0.3, 0.4) is 0 Å². The molecule has 2 aromatic carbocycles. The Labute approximate surface area is 173 Å². The molecule has 4 heteroatoms. The van der Waals surface area contributed by atoms with Gasteiger partial charge in [0.1, 0.15) is 0 Å². The van der Waals surface area contributed by atoms with Crippen LogP contribution in [0, 0.1) is 12.1 Å². The fourth-order valence-electron chi connectivity index (χ4n) is 2.66. The van der Waals surface area contributed by atoms with E-state index in [0.29, 0.717) is 0 Å². The molecule has 0 unspecified atom stereocenters. The van der Waals surface area contributed by atoms with Gasteiger partial charge in [-0.05, 0) is 12.1 Å². The molecule has 0 aliphatic heterocycles. The van der Waals surface area contributed by atoms with Gasteiger partial charge in [0, 0.05) is 24.2 Å². The van der Waals surface area contributed by atoms with E-state index in [9.17, 15) is 0 Å². The van der Waals surface area contributed by atoms with Crippen molar-refractivity contribution in [3.05, 3.63) is 109 Å². The third kappa shape index (κ3) is 4.64. The van der Waals surface area contributed by atoms with E-state index in [1.54, 1.807) is 12.4 Å². The maximum Gasteiger partial charge on any atom is 2.00 e. The minimum atomic E-state index is 0. The molecule has 2 aromatic heterocycles. The van der Waals surface area contributed by atoms with Gasteiger partial charge < -0.3 is 0 Å². The Balaban J connectivity index is 0.00000210. The van der Waals surface area contributed by atoms with Gasteiger partial charge in [0.05, 0.1) is 0 Å². The summed E-state index contributed by atoms with van der Waals surface area (Å²) in [4.78, 5) is 4.38. The topological polar surface area (TPSA) is 29.1 Å². The molecule has 0 aliphatic rings. The maximum absolute atomic E-state index is 4.61. The number of pyridine rings is 2.